The molecule has 0 bridgehead atoms. The van der Waals surface area contributed by atoms with Crippen molar-refractivity contribution in [3.8, 4) is 0 Å². The van der Waals surface area contributed by atoms with E-state index in [1.54, 1.807) is 17.9 Å². The summed E-state index contributed by atoms with van der Waals surface area (Å²) in [5.41, 5.74) is 1.01. The Labute approximate surface area is 200 Å². The van der Waals surface area contributed by atoms with Crippen LogP contribution in [0.1, 0.15) is 62.0 Å². The van der Waals surface area contributed by atoms with Crippen LogP contribution in [0.4, 0.5) is 5.82 Å². The molecule has 1 amide bonds. The minimum atomic E-state index is -0.166. The molecule has 3 heterocycles. The molecule has 33 heavy (non-hydrogen) atoms. The SMILES string of the molecule is CCCN(C)c1cc(CC)nc(SCc2ccc(C(=O)N3CCC(C(=O)OCC)CC3)o2)n1. The molecule has 9 heteroatoms. The number of thioether (sulfide) groups is 1. The Morgan fingerprint density at radius 3 is 2.64 bits per heavy atom. The highest BCUT2D eigenvalue weighted by Gasteiger charge is 2.29. The van der Waals surface area contributed by atoms with Gasteiger partial charge in [-0.15, -0.1) is 0 Å². The number of aromatic nitrogens is 2. The lowest BCUT2D eigenvalue weighted by Gasteiger charge is -2.30. The molecule has 3 rings (SSSR count). The van der Waals surface area contributed by atoms with Crippen molar-refractivity contribution < 1.29 is 18.7 Å². The van der Waals surface area contributed by atoms with Crippen LogP contribution in [-0.2, 0) is 21.7 Å². The molecule has 8 nitrogen and oxygen atoms in total. The molecule has 0 saturated carbocycles. The summed E-state index contributed by atoms with van der Waals surface area (Å²) in [6, 6.07) is 5.59. The van der Waals surface area contributed by atoms with Gasteiger partial charge in [0.15, 0.2) is 10.9 Å². The number of likely N-dealkylation sites (tertiary alicyclic amines) is 1. The fourth-order valence-electron chi connectivity index (χ4n) is 3.79. The lowest BCUT2D eigenvalue weighted by Crippen LogP contribution is -2.40. The highest BCUT2D eigenvalue weighted by Crippen LogP contribution is 2.25. The van der Waals surface area contributed by atoms with Crippen molar-refractivity contribution in [1.82, 2.24) is 14.9 Å². The van der Waals surface area contributed by atoms with Crippen LogP contribution in [0.15, 0.2) is 27.8 Å². The molecule has 0 aliphatic carbocycles. The zero-order valence-electron chi connectivity index (χ0n) is 20.0. The van der Waals surface area contributed by atoms with Crippen molar-refractivity contribution in [3.05, 3.63) is 35.4 Å². The second-order valence-corrected chi connectivity index (χ2v) is 9.09. The zero-order chi connectivity index (χ0) is 23.8. The smallest absolute Gasteiger partial charge is 0.309 e. The number of furan rings is 1. The topological polar surface area (TPSA) is 88.8 Å². The van der Waals surface area contributed by atoms with Crippen molar-refractivity contribution in [2.24, 2.45) is 5.92 Å². The first-order chi connectivity index (χ1) is 15.9. The van der Waals surface area contributed by atoms with Gasteiger partial charge in [-0.3, -0.25) is 9.59 Å². The molecule has 1 aliphatic rings. The number of esters is 1. The lowest BCUT2D eigenvalue weighted by atomic mass is 9.97. The summed E-state index contributed by atoms with van der Waals surface area (Å²) in [4.78, 5) is 37.9. The van der Waals surface area contributed by atoms with Crippen LogP contribution < -0.4 is 4.90 Å². The predicted molar refractivity (Wildman–Crippen MR) is 129 cm³/mol. The fraction of sp³-hybridized carbons (Fsp3) is 0.583. The molecule has 0 radical (unpaired) electrons. The molecule has 2 aromatic heterocycles. The summed E-state index contributed by atoms with van der Waals surface area (Å²) in [6.07, 6.45) is 3.13. The standard InChI is InChI=1S/C24H34N4O4S/c1-5-12-27(4)21-15-18(6-2)25-24(26-21)33-16-19-8-9-20(32-19)22(29)28-13-10-17(11-14-28)23(30)31-7-3/h8-9,15,17H,5-7,10-14,16H2,1-4H3. The van der Waals surface area contributed by atoms with Gasteiger partial charge in [-0.25, -0.2) is 9.97 Å². The summed E-state index contributed by atoms with van der Waals surface area (Å²) >= 11 is 1.50. The van der Waals surface area contributed by atoms with Gasteiger partial charge in [-0.1, -0.05) is 25.6 Å². The highest BCUT2D eigenvalue weighted by molar-refractivity contribution is 7.98. The first-order valence-electron chi connectivity index (χ1n) is 11.7. The molecule has 180 valence electrons. The van der Waals surface area contributed by atoms with Crippen LogP contribution in [0, 0.1) is 5.92 Å². The van der Waals surface area contributed by atoms with Crippen LogP contribution in [0.5, 0.6) is 0 Å². The van der Waals surface area contributed by atoms with E-state index in [0.717, 1.165) is 30.9 Å². The van der Waals surface area contributed by atoms with E-state index in [1.807, 2.05) is 19.2 Å². The third-order valence-corrected chi connectivity index (χ3v) is 6.55. The zero-order valence-corrected chi connectivity index (χ0v) is 20.8. The number of piperidine rings is 1. The summed E-state index contributed by atoms with van der Waals surface area (Å²) in [6.45, 7) is 8.41. The fourth-order valence-corrected chi connectivity index (χ4v) is 4.56. The summed E-state index contributed by atoms with van der Waals surface area (Å²) < 4.78 is 10.9. The van der Waals surface area contributed by atoms with E-state index in [1.165, 1.54) is 11.8 Å². The van der Waals surface area contributed by atoms with Crippen LogP contribution in [0.3, 0.4) is 0 Å². The number of rotatable bonds is 10. The number of carbonyl (C=O) groups is 2. The second kappa shape index (κ2) is 12.1. The number of hydrogen-bond donors (Lipinski definition) is 0. The second-order valence-electron chi connectivity index (χ2n) is 8.15. The maximum absolute atomic E-state index is 12.8. The summed E-state index contributed by atoms with van der Waals surface area (Å²) in [5.74, 6) is 2.07. The Morgan fingerprint density at radius 2 is 1.97 bits per heavy atom. The van der Waals surface area contributed by atoms with E-state index in [-0.39, 0.29) is 17.8 Å². The van der Waals surface area contributed by atoms with E-state index in [9.17, 15) is 9.59 Å². The maximum Gasteiger partial charge on any atom is 0.309 e. The Balaban J connectivity index is 1.57. The quantitative estimate of drug-likeness (QED) is 0.288. The number of ether oxygens (including phenoxy) is 1. The van der Waals surface area contributed by atoms with Crippen molar-refractivity contribution >= 4 is 29.5 Å². The van der Waals surface area contributed by atoms with E-state index in [2.05, 4.69) is 28.7 Å². The lowest BCUT2D eigenvalue weighted by molar-refractivity contribution is -0.149. The molecular weight excluding hydrogens is 440 g/mol. The number of hydrogen-bond acceptors (Lipinski definition) is 8. The number of amides is 1. The van der Waals surface area contributed by atoms with E-state index in [4.69, 9.17) is 9.15 Å². The number of aryl methyl sites for hydroxylation is 1. The van der Waals surface area contributed by atoms with Gasteiger partial charge < -0.3 is 19.0 Å². The molecule has 2 aromatic rings. The summed E-state index contributed by atoms with van der Waals surface area (Å²) in [7, 11) is 2.04. The largest absolute Gasteiger partial charge is 0.466 e. The van der Waals surface area contributed by atoms with Gasteiger partial charge in [0.05, 0.1) is 18.3 Å². The monoisotopic (exact) mass is 474 g/mol. The van der Waals surface area contributed by atoms with Crippen molar-refractivity contribution in [2.75, 3.05) is 38.2 Å². The molecule has 1 saturated heterocycles. The molecule has 0 spiro atoms. The van der Waals surface area contributed by atoms with Gasteiger partial charge in [-0.05, 0) is 44.7 Å². The minimum Gasteiger partial charge on any atom is -0.466 e. The molecular formula is C24H34N4O4S. The summed E-state index contributed by atoms with van der Waals surface area (Å²) in [5, 5.41) is 0.706. The number of nitrogens with zero attached hydrogens (tertiary/aromatic N) is 4. The third-order valence-electron chi connectivity index (χ3n) is 5.68. The van der Waals surface area contributed by atoms with E-state index < -0.39 is 0 Å². The Kier molecular flexibility index (Phi) is 9.17. The minimum absolute atomic E-state index is 0.127. The van der Waals surface area contributed by atoms with Gasteiger partial charge in [0.25, 0.3) is 5.91 Å². The van der Waals surface area contributed by atoms with E-state index in [0.29, 0.717) is 55.0 Å². The third kappa shape index (κ3) is 6.72. The van der Waals surface area contributed by atoms with E-state index >= 15 is 0 Å². The Morgan fingerprint density at radius 1 is 1.21 bits per heavy atom. The maximum atomic E-state index is 12.8. The average Bonchev–Trinajstić information content (AvgIpc) is 3.31. The van der Waals surface area contributed by atoms with Gasteiger partial charge in [-0.2, -0.15) is 0 Å². The average molecular weight is 475 g/mol. The normalized spacial score (nSPS) is 14.4. The van der Waals surface area contributed by atoms with Crippen LogP contribution in [0.2, 0.25) is 0 Å². The Bertz CT molecular complexity index is 940. The van der Waals surface area contributed by atoms with Crippen LogP contribution in [0.25, 0.3) is 0 Å². The van der Waals surface area contributed by atoms with Gasteiger partial charge in [0.1, 0.15) is 11.6 Å². The van der Waals surface area contributed by atoms with Crippen molar-refractivity contribution in [1.29, 1.82) is 0 Å². The molecule has 0 N–H and O–H groups in total. The van der Waals surface area contributed by atoms with Crippen molar-refractivity contribution in [2.45, 2.75) is 57.4 Å². The van der Waals surface area contributed by atoms with Crippen LogP contribution >= 0.6 is 11.8 Å². The first-order valence-corrected chi connectivity index (χ1v) is 12.7. The number of anilines is 1. The number of carbonyl (C=O) groups excluding carboxylic acids is 2. The molecule has 1 fully saturated rings. The van der Waals surface area contributed by atoms with Crippen LogP contribution in [-0.4, -0.2) is 60.0 Å². The first kappa shape index (κ1) is 25.1. The predicted octanol–water partition coefficient (Wildman–Crippen LogP) is 4.19. The molecule has 0 aromatic carbocycles. The van der Waals surface area contributed by atoms with Crippen molar-refractivity contribution in [3.63, 3.8) is 0 Å². The highest BCUT2D eigenvalue weighted by atomic mass is 32.2. The molecule has 0 unspecified atom stereocenters. The Hall–Kier alpha value is -2.55. The van der Waals surface area contributed by atoms with Gasteiger partial charge in [0, 0.05) is 38.4 Å². The molecule has 0 atom stereocenters. The van der Waals surface area contributed by atoms with Gasteiger partial charge in [0.2, 0.25) is 0 Å². The molecule has 1 aliphatic heterocycles. The van der Waals surface area contributed by atoms with Gasteiger partial charge >= 0.3 is 5.97 Å².